The summed E-state index contributed by atoms with van der Waals surface area (Å²) in [5.41, 5.74) is 4.46. The molecule has 3 rings (SSSR count). The monoisotopic (exact) mass is 480 g/mol. The molecule has 0 amide bonds. The number of aryl methyl sites for hydroxylation is 1. The third-order valence-electron chi connectivity index (χ3n) is 4.96. The molecule has 2 aromatic rings. The van der Waals surface area contributed by atoms with Crippen LogP contribution in [0.5, 0.6) is 0 Å². The molecule has 0 bridgehead atoms. The van der Waals surface area contributed by atoms with Gasteiger partial charge < -0.3 is 0 Å². The van der Waals surface area contributed by atoms with Crippen molar-refractivity contribution in [3.63, 3.8) is 0 Å². The van der Waals surface area contributed by atoms with Crippen LogP contribution < -0.4 is 0 Å². The maximum Gasteiger partial charge on any atom is 0.332 e. The highest BCUT2D eigenvalue weighted by Gasteiger charge is 2.19. The fraction of sp³-hybridized carbons (Fsp3) is 0.308. The predicted molar refractivity (Wildman–Crippen MR) is 136 cm³/mol. The lowest BCUT2D eigenvalue weighted by atomic mass is 9.88. The quantitative estimate of drug-likeness (QED) is 0.346. The Morgan fingerprint density at radius 3 is 2.36 bits per heavy atom. The van der Waals surface area contributed by atoms with Gasteiger partial charge in [0.2, 0.25) is 0 Å². The van der Waals surface area contributed by atoms with E-state index in [1.807, 2.05) is 55.5 Å². The Labute approximate surface area is 201 Å². The number of hydrogen-bond donors (Lipinski definition) is 0. The molecule has 7 heteroatoms. The van der Waals surface area contributed by atoms with Crippen LogP contribution in [-0.2, 0) is 33.0 Å². The lowest BCUT2D eigenvalue weighted by Gasteiger charge is -2.18. The lowest BCUT2D eigenvalue weighted by Crippen LogP contribution is -2.09. The Morgan fingerprint density at radius 1 is 1.06 bits per heavy atom. The van der Waals surface area contributed by atoms with Gasteiger partial charge in [0.1, 0.15) is 16.9 Å². The molecule has 0 saturated heterocycles. The summed E-state index contributed by atoms with van der Waals surface area (Å²) < 4.78 is 29.8. The summed E-state index contributed by atoms with van der Waals surface area (Å²) >= 11 is 1.22. The molecule has 0 fully saturated rings. The van der Waals surface area contributed by atoms with E-state index < -0.39 is 10.1 Å². The molecule has 5 nitrogen and oxygen atoms in total. The Bertz CT molecular complexity index is 1240. The second kappa shape index (κ2) is 10.4. The van der Waals surface area contributed by atoms with E-state index in [-0.39, 0.29) is 11.2 Å². The molecule has 1 aliphatic heterocycles. The molecule has 33 heavy (non-hydrogen) atoms. The van der Waals surface area contributed by atoms with E-state index in [1.165, 1.54) is 11.8 Å². The van der Waals surface area contributed by atoms with Crippen LogP contribution in [0.15, 0.2) is 70.7 Å². The van der Waals surface area contributed by atoms with Crippen LogP contribution in [0.1, 0.15) is 49.9 Å². The number of rotatable bonds is 7. The fourth-order valence-electron chi connectivity index (χ4n) is 3.52. The van der Waals surface area contributed by atoms with Gasteiger partial charge in [-0.05, 0) is 52.7 Å². The van der Waals surface area contributed by atoms with Crippen LogP contribution in [0.4, 0.5) is 0 Å². The molecule has 0 aromatic heterocycles. The minimum absolute atomic E-state index is 0.163. The zero-order chi connectivity index (χ0) is 24.1. The van der Waals surface area contributed by atoms with Crippen LogP contribution in [-0.4, -0.2) is 13.5 Å². The van der Waals surface area contributed by atoms with Crippen molar-refractivity contribution in [2.45, 2.75) is 46.3 Å². The average molecular weight is 481 g/mol. The second-order valence-corrected chi connectivity index (χ2v) is 11.7. The van der Waals surface area contributed by atoms with Crippen molar-refractivity contribution in [1.29, 1.82) is 5.26 Å². The van der Waals surface area contributed by atoms with Crippen LogP contribution in [0.3, 0.4) is 0 Å². The highest BCUT2D eigenvalue weighted by Crippen LogP contribution is 2.35. The first kappa shape index (κ1) is 24.8. The van der Waals surface area contributed by atoms with Crippen molar-refractivity contribution in [3.05, 3.63) is 87.8 Å². The smallest absolute Gasteiger partial charge is 0.267 e. The van der Waals surface area contributed by atoms with Crippen LogP contribution in [0.2, 0.25) is 0 Å². The van der Waals surface area contributed by atoms with E-state index >= 15 is 0 Å². The van der Waals surface area contributed by atoms with Gasteiger partial charge in [0.25, 0.3) is 0 Å². The summed E-state index contributed by atoms with van der Waals surface area (Å²) in [5.74, 6) is -0.260. The number of hydrogen-bond acceptors (Lipinski definition) is 6. The molecule has 2 aromatic carbocycles. The minimum Gasteiger partial charge on any atom is -0.267 e. The van der Waals surface area contributed by atoms with Crippen molar-refractivity contribution < 1.29 is 12.7 Å². The Hall–Kier alpha value is -2.82. The number of oxime groups is 1. The summed E-state index contributed by atoms with van der Waals surface area (Å²) in [6.07, 6.45) is 5.14. The summed E-state index contributed by atoms with van der Waals surface area (Å²) in [5, 5.41) is 13.9. The Balaban J connectivity index is 1.68. The SMILES string of the molecule is CCc1ccccc1C(C#N)=C1C=CC(=NOS(=O)(=O)Cc2ccc(CC(C)(C)C)cc2)S1. The normalized spacial score (nSPS) is 16.6. The summed E-state index contributed by atoms with van der Waals surface area (Å²) in [4.78, 5) is 0.715. The molecular weight excluding hydrogens is 452 g/mol. The summed E-state index contributed by atoms with van der Waals surface area (Å²) in [6, 6.07) is 17.6. The molecule has 1 heterocycles. The van der Waals surface area contributed by atoms with Gasteiger partial charge in [-0.2, -0.15) is 13.7 Å². The van der Waals surface area contributed by atoms with Crippen molar-refractivity contribution >= 4 is 32.5 Å². The van der Waals surface area contributed by atoms with Gasteiger partial charge in [-0.1, -0.05) is 93.1 Å². The molecule has 172 valence electrons. The predicted octanol–water partition coefficient (Wildman–Crippen LogP) is 6.24. The van der Waals surface area contributed by atoms with Crippen molar-refractivity contribution in [3.8, 4) is 6.07 Å². The molecule has 0 saturated carbocycles. The number of thioether (sulfide) groups is 1. The van der Waals surface area contributed by atoms with E-state index in [4.69, 9.17) is 4.28 Å². The molecule has 0 spiro atoms. The summed E-state index contributed by atoms with van der Waals surface area (Å²) in [6.45, 7) is 8.53. The minimum atomic E-state index is -3.89. The van der Waals surface area contributed by atoms with Crippen LogP contribution in [0.25, 0.3) is 5.57 Å². The fourth-order valence-corrected chi connectivity index (χ4v) is 5.25. The van der Waals surface area contributed by atoms with Crippen molar-refractivity contribution in [2.24, 2.45) is 10.6 Å². The van der Waals surface area contributed by atoms with Gasteiger partial charge in [-0.25, -0.2) is 0 Å². The van der Waals surface area contributed by atoms with E-state index in [0.29, 0.717) is 21.1 Å². The molecular formula is C26H28N2O3S2. The van der Waals surface area contributed by atoms with Crippen LogP contribution in [0, 0.1) is 16.7 Å². The Morgan fingerprint density at radius 2 is 1.73 bits per heavy atom. The van der Waals surface area contributed by atoms with Crippen molar-refractivity contribution in [1.82, 2.24) is 0 Å². The first-order valence-corrected chi connectivity index (χ1v) is 13.2. The molecule has 0 atom stereocenters. The van der Waals surface area contributed by atoms with E-state index in [1.54, 1.807) is 12.2 Å². The van der Waals surface area contributed by atoms with Gasteiger partial charge in [-0.3, -0.25) is 4.28 Å². The molecule has 1 aliphatic rings. The van der Waals surface area contributed by atoms with E-state index in [2.05, 4.69) is 32.0 Å². The maximum atomic E-state index is 12.4. The van der Waals surface area contributed by atoms with Gasteiger partial charge in [0, 0.05) is 4.91 Å². The van der Waals surface area contributed by atoms with Gasteiger partial charge in [-0.15, -0.1) is 0 Å². The zero-order valence-electron chi connectivity index (χ0n) is 19.3. The molecule has 0 N–H and O–H groups in total. The zero-order valence-corrected chi connectivity index (χ0v) is 21.0. The Kier molecular flexibility index (Phi) is 7.83. The highest BCUT2D eigenvalue weighted by atomic mass is 32.2. The third-order valence-corrected chi connectivity index (χ3v) is 6.93. The van der Waals surface area contributed by atoms with Gasteiger partial charge in [0.05, 0.1) is 5.57 Å². The number of nitrogens with zero attached hydrogens (tertiary/aromatic N) is 2. The first-order valence-electron chi connectivity index (χ1n) is 10.8. The lowest BCUT2D eigenvalue weighted by molar-refractivity contribution is 0.340. The number of benzene rings is 2. The highest BCUT2D eigenvalue weighted by molar-refractivity contribution is 8.18. The second-order valence-electron chi connectivity index (χ2n) is 9.06. The molecule has 0 aliphatic carbocycles. The average Bonchev–Trinajstić information content (AvgIpc) is 3.22. The van der Waals surface area contributed by atoms with Crippen LogP contribution >= 0.6 is 11.8 Å². The van der Waals surface area contributed by atoms with Gasteiger partial charge in [0.15, 0.2) is 0 Å². The standard InChI is InChI=1S/C26H28N2O3S2/c1-5-21-8-6-7-9-22(21)23(17-27)24-14-15-25(32-24)28-31-33(29,30)18-20-12-10-19(11-13-20)16-26(2,3)4/h6-15H,5,16,18H2,1-4H3. The summed E-state index contributed by atoms with van der Waals surface area (Å²) in [7, 11) is -3.89. The maximum absolute atomic E-state index is 12.4. The van der Waals surface area contributed by atoms with E-state index in [0.717, 1.165) is 29.5 Å². The third kappa shape index (κ3) is 7.08. The molecule has 0 radical (unpaired) electrons. The first-order chi connectivity index (χ1) is 15.6. The van der Waals surface area contributed by atoms with E-state index in [9.17, 15) is 13.7 Å². The van der Waals surface area contributed by atoms with Crippen molar-refractivity contribution in [2.75, 3.05) is 0 Å². The van der Waals surface area contributed by atoms with Gasteiger partial charge >= 0.3 is 10.1 Å². The topological polar surface area (TPSA) is 79.5 Å². The largest absolute Gasteiger partial charge is 0.332 e. The molecule has 0 unspecified atom stereocenters. The number of allylic oxidation sites excluding steroid dienone is 2. The number of nitriles is 1.